The molecule has 0 bridgehead atoms. The van der Waals surface area contributed by atoms with E-state index in [4.69, 9.17) is 0 Å². The van der Waals surface area contributed by atoms with E-state index in [1.54, 1.807) is 7.05 Å². The summed E-state index contributed by atoms with van der Waals surface area (Å²) in [5.41, 5.74) is -0.462. The van der Waals surface area contributed by atoms with Crippen LogP contribution in [0, 0.1) is 17.5 Å². The first-order chi connectivity index (χ1) is 10.2. The van der Waals surface area contributed by atoms with Crippen molar-refractivity contribution in [2.24, 2.45) is 0 Å². The van der Waals surface area contributed by atoms with E-state index in [1.165, 1.54) is 4.90 Å². The molecule has 1 aromatic rings. The molecule has 9 heteroatoms. The van der Waals surface area contributed by atoms with Gasteiger partial charge in [0.1, 0.15) is 0 Å². The summed E-state index contributed by atoms with van der Waals surface area (Å²) in [5, 5.41) is 2.14. The summed E-state index contributed by atoms with van der Waals surface area (Å²) in [5.74, 6) is -5.08. The number of nitrogens with zero attached hydrogens (tertiary/aromatic N) is 1. The van der Waals surface area contributed by atoms with Crippen molar-refractivity contribution in [3.63, 3.8) is 0 Å². The van der Waals surface area contributed by atoms with Gasteiger partial charge in [0.05, 0.1) is 23.7 Å². The minimum absolute atomic E-state index is 0.0314. The molecule has 1 aromatic carbocycles. The van der Waals surface area contributed by atoms with Gasteiger partial charge in [0, 0.05) is 6.04 Å². The third-order valence-corrected chi connectivity index (χ3v) is 5.28. The van der Waals surface area contributed by atoms with Gasteiger partial charge in [-0.05, 0) is 25.6 Å². The van der Waals surface area contributed by atoms with Crippen molar-refractivity contribution in [1.82, 2.24) is 4.90 Å². The summed E-state index contributed by atoms with van der Waals surface area (Å²) in [6, 6.07) is 1.35. The molecule has 1 aliphatic heterocycles. The van der Waals surface area contributed by atoms with Gasteiger partial charge in [-0.1, -0.05) is 0 Å². The fourth-order valence-corrected chi connectivity index (χ4v) is 4.10. The maximum atomic E-state index is 13.4. The highest BCUT2D eigenvalue weighted by Crippen LogP contribution is 2.20. The van der Waals surface area contributed by atoms with Crippen molar-refractivity contribution >= 4 is 21.4 Å². The summed E-state index contributed by atoms with van der Waals surface area (Å²) >= 11 is 0. The Balaban J connectivity index is 1.97. The predicted octanol–water partition coefficient (Wildman–Crippen LogP) is 1.16. The Bertz CT molecular complexity index is 694. The monoisotopic (exact) mass is 336 g/mol. The number of sulfone groups is 1. The lowest BCUT2D eigenvalue weighted by atomic mass is 10.2. The number of benzene rings is 1. The minimum Gasteiger partial charge on any atom is -0.322 e. The average molecular weight is 336 g/mol. The second-order valence-electron chi connectivity index (χ2n) is 5.24. The van der Waals surface area contributed by atoms with Gasteiger partial charge in [0.2, 0.25) is 5.91 Å². The van der Waals surface area contributed by atoms with Crippen molar-refractivity contribution in [2.45, 2.75) is 12.5 Å². The van der Waals surface area contributed by atoms with Crippen LogP contribution in [-0.4, -0.2) is 50.4 Å². The quantitative estimate of drug-likeness (QED) is 0.838. The molecule has 1 amide bonds. The van der Waals surface area contributed by atoms with Gasteiger partial charge in [-0.2, -0.15) is 0 Å². The number of hydrogen-bond acceptors (Lipinski definition) is 4. The number of carbonyl (C=O) groups excluding carboxylic acids is 1. The minimum atomic E-state index is -3.08. The van der Waals surface area contributed by atoms with Crippen LogP contribution in [0.2, 0.25) is 0 Å². The third-order valence-electron chi connectivity index (χ3n) is 3.53. The standard InChI is InChI=1S/C13H15F3N2O3S/c1-18(8-4-5-22(20,21)7-8)6-11(19)17-10-3-2-9(14)12(15)13(10)16/h2-3,8H,4-7H2,1H3,(H,17,19). The maximum absolute atomic E-state index is 13.4. The highest BCUT2D eigenvalue weighted by Gasteiger charge is 2.31. The molecule has 1 heterocycles. The average Bonchev–Trinajstić information content (AvgIpc) is 2.80. The molecule has 1 unspecified atom stereocenters. The van der Waals surface area contributed by atoms with Crippen LogP contribution in [0.3, 0.4) is 0 Å². The van der Waals surface area contributed by atoms with Gasteiger partial charge in [-0.15, -0.1) is 0 Å². The van der Waals surface area contributed by atoms with Crippen molar-refractivity contribution in [3.8, 4) is 0 Å². The summed E-state index contributed by atoms with van der Waals surface area (Å²) in [4.78, 5) is 13.3. The molecule has 5 nitrogen and oxygen atoms in total. The molecule has 122 valence electrons. The molecular formula is C13H15F3N2O3S. The Hall–Kier alpha value is -1.61. The lowest BCUT2D eigenvalue weighted by Gasteiger charge is -2.22. The van der Waals surface area contributed by atoms with E-state index in [-0.39, 0.29) is 24.1 Å². The van der Waals surface area contributed by atoms with E-state index < -0.39 is 38.9 Å². The maximum Gasteiger partial charge on any atom is 0.238 e. The van der Waals surface area contributed by atoms with Crippen molar-refractivity contribution in [3.05, 3.63) is 29.6 Å². The Morgan fingerprint density at radius 3 is 2.59 bits per heavy atom. The molecule has 0 aromatic heterocycles. The molecule has 1 atom stereocenters. The lowest BCUT2D eigenvalue weighted by molar-refractivity contribution is -0.117. The van der Waals surface area contributed by atoms with Gasteiger partial charge < -0.3 is 5.32 Å². The Morgan fingerprint density at radius 1 is 1.32 bits per heavy atom. The van der Waals surface area contributed by atoms with Crippen LogP contribution in [0.1, 0.15) is 6.42 Å². The molecule has 22 heavy (non-hydrogen) atoms. The second-order valence-corrected chi connectivity index (χ2v) is 7.47. The number of hydrogen-bond donors (Lipinski definition) is 1. The third kappa shape index (κ3) is 3.77. The van der Waals surface area contributed by atoms with Crippen LogP contribution in [0.25, 0.3) is 0 Å². The molecule has 0 saturated carbocycles. The molecule has 0 spiro atoms. The molecule has 1 saturated heterocycles. The second kappa shape index (κ2) is 6.25. The number of halogens is 3. The number of rotatable bonds is 4. The molecule has 1 aliphatic rings. The molecular weight excluding hydrogens is 321 g/mol. The van der Waals surface area contributed by atoms with Gasteiger partial charge in [0.15, 0.2) is 27.3 Å². The Morgan fingerprint density at radius 2 is 2.00 bits per heavy atom. The van der Waals surface area contributed by atoms with E-state index in [1.807, 2.05) is 0 Å². The van der Waals surface area contributed by atoms with E-state index in [9.17, 15) is 26.4 Å². The first-order valence-electron chi connectivity index (χ1n) is 6.53. The number of carbonyl (C=O) groups is 1. The highest BCUT2D eigenvalue weighted by atomic mass is 32.2. The number of amides is 1. The van der Waals surface area contributed by atoms with Crippen LogP contribution in [0.5, 0.6) is 0 Å². The summed E-state index contributed by atoms with van der Waals surface area (Å²) < 4.78 is 62.1. The van der Waals surface area contributed by atoms with Crippen LogP contribution < -0.4 is 5.32 Å². The number of likely N-dealkylation sites (N-methyl/N-ethyl adjacent to an activating group) is 1. The van der Waals surface area contributed by atoms with E-state index in [2.05, 4.69) is 5.32 Å². The smallest absolute Gasteiger partial charge is 0.238 e. The summed E-state index contributed by atoms with van der Waals surface area (Å²) in [7, 11) is -1.50. The van der Waals surface area contributed by atoms with Gasteiger partial charge >= 0.3 is 0 Å². The topological polar surface area (TPSA) is 66.5 Å². The van der Waals surface area contributed by atoms with E-state index in [0.29, 0.717) is 12.5 Å². The van der Waals surface area contributed by atoms with E-state index in [0.717, 1.165) is 6.07 Å². The fraction of sp³-hybridized carbons (Fsp3) is 0.462. The molecule has 0 radical (unpaired) electrons. The summed E-state index contributed by atoms with van der Waals surface area (Å²) in [6.45, 7) is -0.182. The SMILES string of the molecule is CN(CC(=O)Nc1ccc(F)c(F)c1F)C1CCS(=O)(=O)C1. The summed E-state index contributed by atoms with van der Waals surface area (Å²) in [6.07, 6.45) is 0.422. The first kappa shape index (κ1) is 16.8. The number of anilines is 1. The van der Waals surface area contributed by atoms with Gasteiger partial charge in [-0.3, -0.25) is 9.69 Å². The zero-order valence-corrected chi connectivity index (χ0v) is 12.6. The first-order valence-corrected chi connectivity index (χ1v) is 8.36. The van der Waals surface area contributed by atoms with Crippen molar-refractivity contribution in [2.75, 3.05) is 30.4 Å². The highest BCUT2D eigenvalue weighted by molar-refractivity contribution is 7.91. The van der Waals surface area contributed by atoms with Gasteiger partial charge in [0.25, 0.3) is 0 Å². The van der Waals surface area contributed by atoms with Crippen molar-refractivity contribution < 1.29 is 26.4 Å². The lowest BCUT2D eigenvalue weighted by Crippen LogP contribution is -2.38. The normalized spacial score (nSPS) is 20.3. The fourth-order valence-electron chi connectivity index (χ4n) is 2.29. The molecule has 2 rings (SSSR count). The molecule has 1 N–H and O–H groups in total. The predicted molar refractivity (Wildman–Crippen MR) is 74.6 cm³/mol. The zero-order valence-electron chi connectivity index (χ0n) is 11.8. The largest absolute Gasteiger partial charge is 0.322 e. The molecule has 1 fully saturated rings. The zero-order chi connectivity index (χ0) is 16.5. The number of nitrogens with one attached hydrogen (secondary N) is 1. The van der Waals surface area contributed by atoms with Crippen molar-refractivity contribution in [1.29, 1.82) is 0 Å². The Labute approximate surface area is 126 Å². The van der Waals surface area contributed by atoms with Crippen LogP contribution >= 0.6 is 0 Å². The van der Waals surface area contributed by atoms with Gasteiger partial charge in [-0.25, -0.2) is 21.6 Å². The van der Waals surface area contributed by atoms with Crippen LogP contribution in [0.15, 0.2) is 12.1 Å². The van der Waals surface area contributed by atoms with E-state index >= 15 is 0 Å². The Kier molecular flexibility index (Phi) is 4.76. The molecule has 0 aliphatic carbocycles. The van der Waals surface area contributed by atoms with Crippen LogP contribution in [0.4, 0.5) is 18.9 Å². The van der Waals surface area contributed by atoms with Crippen LogP contribution in [-0.2, 0) is 14.6 Å².